The van der Waals surface area contributed by atoms with E-state index in [2.05, 4.69) is 58.9 Å². The largest absolute Gasteiger partial charge is 0.330 e. The Bertz CT molecular complexity index is 394. The van der Waals surface area contributed by atoms with Crippen LogP contribution >= 0.6 is 15.9 Å². The summed E-state index contributed by atoms with van der Waals surface area (Å²) in [4.78, 5) is 2.53. The molecule has 2 atom stereocenters. The van der Waals surface area contributed by atoms with Gasteiger partial charge in [-0.2, -0.15) is 0 Å². The minimum absolute atomic E-state index is 0.301. The Morgan fingerprint density at radius 3 is 2.76 bits per heavy atom. The number of nitrogens with two attached hydrogens (primary N) is 1. The summed E-state index contributed by atoms with van der Waals surface area (Å²) in [7, 11) is 0. The van der Waals surface area contributed by atoms with E-state index in [0.717, 1.165) is 19.6 Å². The Labute approximate surface area is 112 Å². The molecule has 1 aromatic carbocycles. The molecular formula is C14H21BrN2. The van der Waals surface area contributed by atoms with Gasteiger partial charge in [0.05, 0.1) is 0 Å². The van der Waals surface area contributed by atoms with Crippen molar-refractivity contribution >= 4 is 15.9 Å². The minimum atomic E-state index is 0.301. The van der Waals surface area contributed by atoms with Gasteiger partial charge in [0.1, 0.15) is 0 Å². The maximum Gasteiger partial charge on any atom is 0.0331 e. The molecule has 0 amide bonds. The van der Waals surface area contributed by atoms with Gasteiger partial charge < -0.3 is 5.73 Å². The second kappa shape index (κ2) is 5.09. The molecule has 1 heterocycles. The maximum absolute atomic E-state index is 5.86. The molecule has 0 spiro atoms. The van der Waals surface area contributed by atoms with E-state index in [0.29, 0.717) is 11.5 Å². The molecule has 2 nitrogen and oxygen atoms in total. The molecule has 17 heavy (non-hydrogen) atoms. The van der Waals surface area contributed by atoms with E-state index >= 15 is 0 Å². The third-order valence-corrected chi connectivity index (χ3v) is 4.71. The van der Waals surface area contributed by atoms with Gasteiger partial charge in [-0.15, -0.1) is 0 Å². The number of rotatable bonds is 3. The molecule has 0 saturated carbocycles. The van der Waals surface area contributed by atoms with Crippen molar-refractivity contribution in [2.45, 2.75) is 26.3 Å². The molecule has 3 heteroatoms. The maximum atomic E-state index is 5.86. The van der Waals surface area contributed by atoms with E-state index in [-0.39, 0.29) is 0 Å². The molecule has 0 bridgehead atoms. The predicted octanol–water partition coefficient (Wildman–Crippen LogP) is 3.18. The molecule has 1 aliphatic heterocycles. The standard InChI is InChI=1S/C14H21BrN2/c1-11(12-5-3-4-6-13(12)15)17-8-7-14(2,9-16)10-17/h3-6,11H,7-10,16H2,1-2H3. The fraction of sp³-hybridized carbons (Fsp3) is 0.571. The normalized spacial score (nSPS) is 27.3. The highest BCUT2D eigenvalue weighted by Gasteiger charge is 2.35. The number of hydrogen-bond donors (Lipinski definition) is 1. The average molecular weight is 297 g/mol. The van der Waals surface area contributed by atoms with Crippen molar-refractivity contribution in [3.63, 3.8) is 0 Å². The SMILES string of the molecule is CC(c1ccccc1Br)N1CCC(C)(CN)C1. The quantitative estimate of drug-likeness (QED) is 0.928. The molecular weight excluding hydrogens is 276 g/mol. The summed E-state index contributed by atoms with van der Waals surface area (Å²) >= 11 is 3.64. The number of benzene rings is 1. The Balaban J connectivity index is 2.12. The van der Waals surface area contributed by atoms with E-state index in [1.807, 2.05) is 0 Å². The molecule has 0 aromatic heterocycles. The monoisotopic (exact) mass is 296 g/mol. The fourth-order valence-electron chi connectivity index (χ4n) is 2.57. The van der Waals surface area contributed by atoms with Gasteiger partial charge in [0.25, 0.3) is 0 Å². The van der Waals surface area contributed by atoms with Gasteiger partial charge in [0.2, 0.25) is 0 Å². The van der Waals surface area contributed by atoms with Crippen LogP contribution in [-0.2, 0) is 0 Å². The van der Waals surface area contributed by atoms with Gasteiger partial charge in [-0.3, -0.25) is 4.90 Å². The molecule has 2 unspecified atom stereocenters. The van der Waals surface area contributed by atoms with Crippen molar-refractivity contribution in [3.8, 4) is 0 Å². The van der Waals surface area contributed by atoms with Gasteiger partial charge in [0, 0.05) is 17.1 Å². The predicted molar refractivity (Wildman–Crippen MR) is 75.9 cm³/mol. The van der Waals surface area contributed by atoms with Crippen molar-refractivity contribution < 1.29 is 0 Å². The van der Waals surface area contributed by atoms with E-state index in [4.69, 9.17) is 5.73 Å². The zero-order valence-electron chi connectivity index (χ0n) is 10.6. The third-order valence-electron chi connectivity index (χ3n) is 3.98. The van der Waals surface area contributed by atoms with Crippen LogP contribution in [0.3, 0.4) is 0 Å². The number of halogens is 1. The van der Waals surface area contributed by atoms with Crippen LogP contribution in [0.25, 0.3) is 0 Å². The van der Waals surface area contributed by atoms with Gasteiger partial charge in [-0.1, -0.05) is 41.1 Å². The first-order valence-electron chi connectivity index (χ1n) is 6.24. The first-order valence-corrected chi connectivity index (χ1v) is 7.03. The third kappa shape index (κ3) is 2.72. The van der Waals surface area contributed by atoms with E-state index in [9.17, 15) is 0 Å². The number of likely N-dealkylation sites (tertiary alicyclic amines) is 1. The van der Waals surface area contributed by atoms with Crippen LogP contribution in [0.1, 0.15) is 31.9 Å². The summed E-state index contributed by atoms with van der Waals surface area (Å²) in [6.07, 6.45) is 1.21. The highest BCUT2D eigenvalue weighted by molar-refractivity contribution is 9.10. The minimum Gasteiger partial charge on any atom is -0.330 e. The summed E-state index contributed by atoms with van der Waals surface area (Å²) in [5, 5.41) is 0. The van der Waals surface area contributed by atoms with Crippen LogP contribution in [0.4, 0.5) is 0 Å². The Morgan fingerprint density at radius 2 is 2.18 bits per heavy atom. The molecule has 1 aromatic rings. The van der Waals surface area contributed by atoms with Crippen molar-refractivity contribution in [2.24, 2.45) is 11.1 Å². The van der Waals surface area contributed by atoms with E-state index in [1.54, 1.807) is 0 Å². The van der Waals surface area contributed by atoms with Crippen LogP contribution in [0.2, 0.25) is 0 Å². The Hall–Kier alpha value is -0.380. The van der Waals surface area contributed by atoms with Crippen LogP contribution in [0.15, 0.2) is 28.7 Å². The van der Waals surface area contributed by atoms with Gasteiger partial charge >= 0.3 is 0 Å². The lowest BCUT2D eigenvalue weighted by Crippen LogP contribution is -2.32. The first-order chi connectivity index (χ1) is 8.06. The topological polar surface area (TPSA) is 29.3 Å². The Kier molecular flexibility index (Phi) is 3.91. The summed E-state index contributed by atoms with van der Waals surface area (Å²) in [6, 6.07) is 8.94. The highest BCUT2D eigenvalue weighted by Crippen LogP contribution is 2.36. The average Bonchev–Trinajstić information content (AvgIpc) is 2.73. The van der Waals surface area contributed by atoms with Crippen LogP contribution in [0.5, 0.6) is 0 Å². The van der Waals surface area contributed by atoms with Crippen molar-refractivity contribution in [1.29, 1.82) is 0 Å². The summed E-state index contributed by atoms with van der Waals surface area (Å²) in [6.45, 7) is 7.61. The smallest absolute Gasteiger partial charge is 0.0331 e. The van der Waals surface area contributed by atoms with Crippen molar-refractivity contribution in [3.05, 3.63) is 34.3 Å². The fourth-order valence-corrected chi connectivity index (χ4v) is 3.19. The van der Waals surface area contributed by atoms with Gasteiger partial charge in [-0.05, 0) is 43.5 Å². The molecule has 1 fully saturated rings. The lowest BCUT2D eigenvalue weighted by Gasteiger charge is -2.28. The number of nitrogens with zero attached hydrogens (tertiary/aromatic N) is 1. The summed E-state index contributed by atoms with van der Waals surface area (Å²) in [5.74, 6) is 0. The van der Waals surface area contributed by atoms with Crippen LogP contribution in [0, 0.1) is 5.41 Å². The molecule has 94 valence electrons. The zero-order chi connectivity index (χ0) is 12.5. The van der Waals surface area contributed by atoms with Crippen molar-refractivity contribution in [2.75, 3.05) is 19.6 Å². The lowest BCUT2D eigenvalue weighted by atomic mass is 9.90. The van der Waals surface area contributed by atoms with Crippen molar-refractivity contribution in [1.82, 2.24) is 4.90 Å². The summed E-state index contributed by atoms with van der Waals surface area (Å²) < 4.78 is 1.20. The van der Waals surface area contributed by atoms with Gasteiger partial charge in [0.15, 0.2) is 0 Å². The Morgan fingerprint density at radius 1 is 1.47 bits per heavy atom. The second-order valence-electron chi connectivity index (χ2n) is 5.43. The number of hydrogen-bond acceptors (Lipinski definition) is 2. The highest BCUT2D eigenvalue weighted by atomic mass is 79.9. The van der Waals surface area contributed by atoms with Crippen LogP contribution in [-0.4, -0.2) is 24.5 Å². The van der Waals surface area contributed by atoms with Gasteiger partial charge in [-0.25, -0.2) is 0 Å². The molecule has 2 N–H and O–H groups in total. The first kappa shape index (κ1) is 13.1. The van der Waals surface area contributed by atoms with Crippen LogP contribution < -0.4 is 5.73 Å². The molecule has 1 aliphatic rings. The molecule has 0 aliphatic carbocycles. The second-order valence-corrected chi connectivity index (χ2v) is 6.29. The molecule has 1 saturated heterocycles. The zero-order valence-corrected chi connectivity index (χ0v) is 12.2. The molecule has 0 radical (unpaired) electrons. The lowest BCUT2D eigenvalue weighted by molar-refractivity contribution is 0.226. The summed E-state index contributed by atoms with van der Waals surface area (Å²) in [5.41, 5.74) is 7.53. The van der Waals surface area contributed by atoms with E-state index < -0.39 is 0 Å². The van der Waals surface area contributed by atoms with E-state index in [1.165, 1.54) is 16.5 Å². The molecule has 2 rings (SSSR count).